The van der Waals surface area contributed by atoms with Crippen LogP contribution in [0.1, 0.15) is 11.8 Å². The summed E-state index contributed by atoms with van der Waals surface area (Å²) in [5.74, 6) is 2.11. The molecule has 10 nitrogen and oxygen atoms in total. The predicted molar refractivity (Wildman–Crippen MR) is 103 cm³/mol. The smallest absolute Gasteiger partial charge is 0.238 e. The molecule has 10 heteroatoms. The number of aromatic nitrogens is 4. The van der Waals surface area contributed by atoms with Gasteiger partial charge in [-0.15, -0.1) is 0 Å². The molecular weight excluding hydrogens is 376 g/mol. The zero-order valence-electron chi connectivity index (χ0n) is 16.0. The number of hydrogen-bond acceptors (Lipinski definition) is 9. The second-order valence-corrected chi connectivity index (χ2v) is 6.55. The molecule has 3 aromatic rings. The van der Waals surface area contributed by atoms with Gasteiger partial charge in [0, 0.05) is 31.5 Å². The van der Waals surface area contributed by atoms with Gasteiger partial charge in [-0.1, -0.05) is 5.16 Å². The van der Waals surface area contributed by atoms with Gasteiger partial charge < -0.3 is 19.3 Å². The van der Waals surface area contributed by atoms with Crippen molar-refractivity contribution in [3.63, 3.8) is 0 Å². The van der Waals surface area contributed by atoms with Crippen molar-refractivity contribution in [1.82, 2.24) is 25.0 Å². The summed E-state index contributed by atoms with van der Waals surface area (Å²) < 4.78 is 15.8. The maximum atomic E-state index is 12.4. The number of likely N-dealkylation sites (tertiary alicyclic amines) is 1. The zero-order valence-corrected chi connectivity index (χ0v) is 16.0. The summed E-state index contributed by atoms with van der Waals surface area (Å²) in [5, 5.41) is 6.82. The van der Waals surface area contributed by atoms with Gasteiger partial charge in [0.15, 0.2) is 0 Å². The Balaban J connectivity index is 1.31. The Morgan fingerprint density at radius 3 is 2.86 bits per heavy atom. The fourth-order valence-corrected chi connectivity index (χ4v) is 3.08. The average Bonchev–Trinajstić information content (AvgIpc) is 3.20. The van der Waals surface area contributed by atoms with E-state index >= 15 is 0 Å². The molecule has 3 heterocycles. The number of ether oxygens (including phenoxy) is 2. The summed E-state index contributed by atoms with van der Waals surface area (Å²) in [4.78, 5) is 26.9. The minimum atomic E-state index is -0.138. The number of benzene rings is 1. The van der Waals surface area contributed by atoms with Gasteiger partial charge in [0.05, 0.1) is 38.6 Å². The van der Waals surface area contributed by atoms with Crippen molar-refractivity contribution in [2.24, 2.45) is 0 Å². The van der Waals surface area contributed by atoms with E-state index in [9.17, 15) is 4.79 Å². The SMILES string of the molecule is COc1ccc(OC)c(NC(=O)CN2CC(c3nc(-c4cnccn4)no3)C2)c1. The van der Waals surface area contributed by atoms with Gasteiger partial charge in [-0.25, -0.2) is 4.98 Å². The largest absolute Gasteiger partial charge is 0.497 e. The highest BCUT2D eigenvalue weighted by Gasteiger charge is 2.33. The lowest BCUT2D eigenvalue weighted by atomic mass is 10.0. The zero-order chi connectivity index (χ0) is 20.2. The first kappa shape index (κ1) is 18.8. The van der Waals surface area contributed by atoms with E-state index in [1.54, 1.807) is 51.0 Å². The monoisotopic (exact) mass is 396 g/mol. The highest BCUT2D eigenvalue weighted by Crippen LogP contribution is 2.30. The molecule has 0 spiro atoms. The van der Waals surface area contributed by atoms with Crippen LogP contribution < -0.4 is 14.8 Å². The Bertz CT molecular complexity index is 987. The number of nitrogens with one attached hydrogen (secondary N) is 1. The topological polar surface area (TPSA) is 116 Å². The molecule has 1 fully saturated rings. The molecule has 1 saturated heterocycles. The summed E-state index contributed by atoms with van der Waals surface area (Å²) in [7, 11) is 3.12. The molecule has 0 radical (unpaired) electrons. The molecular formula is C19H20N6O4. The first-order valence-corrected chi connectivity index (χ1v) is 9.00. The molecule has 4 rings (SSSR count). The average molecular weight is 396 g/mol. The molecule has 0 atom stereocenters. The second kappa shape index (κ2) is 8.23. The van der Waals surface area contributed by atoms with E-state index < -0.39 is 0 Å². The Labute approximate surface area is 166 Å². The first-order chi connectivity index (χ1) is 14.2. The molecule has 29 heavy (non-hydrogen) atoms. The number of rotatable bonds is 7. The van der Waals surface area contributed by atoms with Crippen molar-refractivity contribution in [3.8, 4) is 23.0 Å². The summed E-state index contributed by atoms with van der Waals surface area (Å²) in [5.41, 5.74) is 1.13. The normalized spacial score (nSPS) is 14.3. The van der Waals surface area contributed by atoms with Crippen LogP contribution in [-0.4, -0.2) is 64.8 Å². The van der Waals surface area contributed by atoms with Crippen LogP contribution in [0.4, 0.5) is 5.69 Å². The first-order valence-electron chi connectivity index (χ1n) is 9.00. The molecule has 1 N–H and O–H groups in total. The molecule has 1 aliphatic rings. The molecule has 0 unspecified atom stereocenters. The maximum Gasteiger partial charge on any atom is 0.238 e. The van der Waals surface area contributed by atoms with Crippen LogP contribution in [0.3, 0.4) is 0 Å². The molecule has 0 aliphatic carbocycles. The lowest BCUT2D eigenvalue weighted by Crippen LogP contribution is -2.48. The molecule has 150 valence electrons. The molecule has 2 aromatic heterocycles. The van der Waals surface area contributed by atoms with Gasteiger partial charge >= 0.3 is 0 Å². The quantitative estimate of drug-likeness (QED) is 0.635. The minimum absolute atomic E-state index is 0.0899. The number of hydrogen-bond donors (Lipinski definition) is 1. The van der Waals surface area contributed by atoms with E-state index in [0.717, 1.165) is 0 Å². The second-order valence-electron chi connectivity index (χ2n) is 6.55. The lowest BCUT2D eigenvalue weighted by Gasteiger charge is -2.36. The Morgan fingerprint density at radius 2 is 2.14 bits per heavy atom. The van der Waals surface area contributed by atoms with E-state index in [1.165, 1.54) is 0 Å². The fraction of sp³-hybridized carbons (Fsp3) is 0.316. The van der Waals surface area contributed by atoms with E-state index in [4.69, 9.17) is 14.0 Å². The third-order valence-corrected chi connectivity index (χ3v) is 4.59. The summed E-state index contributed by atoms with van der Waals surface area (Å²) in [6.45, 7) is 1.57. The van der Waals surface area contributed by atoms with Gasteiger partial charge in [0.1, 0.15) is 17.2 Å². The molecule has 1 aliphatic heterocycles. The number of amides is 1. The number of anilines is 1. The third kappa shape index (κ3) is 4.16. The van der Waals surface area contributed by atoms with Gasteiger partial charge in [-0.05, 0) is 12.1 Å². The number of carbonyl (C=O) groups excluding carboxylic acids is 1. The number of methoxy groups -OCH3 is 2. The van der Waals surface area contributed by atoms with E-state index in [1.807, 2.05) is 4.90 Å². The van der Waals surface area contributed by atoms with Crippen molar-refractivity contribution in [1.29, 1.82) is 0 Å². The van der Waals surface area contributed by atoms with Crippen LogP contribution in [0.25, 0.3) is 11.5 Å². The molecule has 0 saturated carbocycles. The molecule has 0 bridgehead atoms. The maximum absolute atomic E-state index is 12.4. The highest BCUT2D eigenvalue weighted by atomic mass is 16.5. The molecule has 1 aromatic carbocycles. The van der Waals surface area contributed by atoms with Crippen LogP contribution in [0, 0.1) is 0 Å². The third-order valence-electron chi connectivity index (χ3n) is 4.59. The van der Waals surface area contributed by atoms with Crippen molar-refractivity contribution < 1.29 is 18.8 Å². The van der Waals surface area contributed by atoms with Gasteiger partial charge in [0.2, 0.25) is 17.6 Å². The van der Waals surface area contributed by atoms with Crippen LogP contribution in [0.15, 0.2) is 41.3 Å². The summed E-state index contributed by atoms with van der Waals surface area (Å²) in [6, 6.07) is 5.24. The van der Waals surface area contributed by atoms with Crippen molar-refractivity contribution in [2.75, 3.05) is 39.2 Å². The van der Waals surface area contributed by atoms with E-state index in [2.05, 4.69) is 25.4 Å². The van der Waals surface area contributed by atoms with Crippen LogP contribution >= 0.6 is 0 Å². The summed E-state index contributed by atoms with van der Waals surface area (Å²) >= 11 is 0. The van der Waals surface area contributed by atoms with Crippen molar-refractivity contribution in [3.05, 3.63) is 42.7 Å². The van der Waals surface area contributed by atoms with Crippen molar-refractivity contribution >= 4 is 11.6 Å². The summed E-state index contributed by atoms with van der Waals surface area (Å²) in [6.07, 6.45) is 4.74. The lowest BCUT2D eigenvalue weighted by molar-refractivity contribution is -0.118. The Morgan fingerprint density at radius 1 is 1.28 bits per heavy atom. The predicted octanol–water partition coefficient (Wildman–Crippen LogP) is 1.58. The minimum Gasteiger partial charge on any atom is -0.497 e. The molecule has 1 amide bonds. The van der Waals surface area contributed by atoms with Crippen molar-refractivity contribution in [2.45, 2.75) is 5.92 Å². The highest BCUT2D eigenvalue weighted by molar-refractivity contribution is 5.94. The fourth-order valence-electron chi connectivity index (χ4n) is 3.08. The van der Waals surface area contributed by atoms with Crippen LogP contribution in [-0.2, 0) is 4.79 Å². The van der Waals surface area contributed by atoms with Gasteiger partial charge in [-0.3, -0.25) is 14.7 Å². The van der Waals surface area contributed by atoms with Crippen LogP contribution in [0.5, 0.6) is 11.5 Å². The number of carbonyl (C=O) groups is 1. The van der Waals surface area contributed by atoms with E-state index in [-0.39, 0.29) is 18.4 Å². The Hall–Kier alpha value is -3.53. The van der Waals surface area contributed by atoms with E-state index in [0.29, 0.717) is 47.7 Å². The Kier molecular flexibility index (Phi) is 5.34. The van der Waals surface area contributed by atoms with Gasteiger partial charge in [0.25, 0.3) is 0 Å². The number of nitrogens with zero attached hydrogens (tertiary/aromatic N) is 5. The van der Waals surface area contributed by atoms with Gasteiger partial charge in [-0.2, -0.15) is 4.98 Å². The van der Waals surface area contributed by atoms with Crippen LogP contribution in [0.2, 0.25) is 0 Å². The standard InChI is InChI=1S/C19H20N6O4/c1-27-13-3-4-16(28-2)14(7-13)22-17(26)11-25-9-12(10-25)19-23-18(24-29-19)15-8-20-5-6-21-15/h3-8,12H,9-11H2,1-2H3,(H,22,26).